The first-order valence-electron chi connectivity index (χ1n) is 5.20. The minimum atomic E-state index is 0.189. The Morgan fingerprint density at radius 3 is 2.80 bits per heavy atom. The number of aliphatic hydroxyl groups is 1. The number of hydrogen-bond donors (Lipinski definition) is 1. The van der Waals surface area contributed by atoms with Gasteiger partial charge in [0, 0.05) is 45.7 Å². The zero-order valence-corrected chi connectivity index (χ0v) is 9.52. The van der Waals surface area contributed by atoms with Gasteiger partial charge in [-0.25, -0.2) is 0 Å². The Morgan fingerprint density at radius 2 is 2.27 bits per heavy atom. The van der Waals surface area contributed by atoms with Crippen LogP contribution in [0.5, 0.6) is 0 Å². The highest BCUT2D eigenvalue weighted by Gasteiger charge is 2.06. The number of aromatic nitrogens is 1. The van der Waals surface area contributed by atoms with E-state index in [1.54, 1.807) is 7.11 Å². The summed E-state index contributed by atoms with van der Waals surface area (Å²) in [4.78, 5) is 2.18. The molecule has 4 nitrogen and oxygen atoms in total. The first-order valence-corrected chi connectivity index (χ1v) is 5.20. The Hall–Kier alpha value is -0.840. The Morgan fingerprint density at radius 1 is 1.47 bits per heavy atom. The second kappa shape index (κ2) is 6.61. The third kappa shape index (κ3) is 4.03. The topological polar surface area (TPSA) is 37.6 Å². The van der Waals surface area contributed by atoms with Crippen molar-refractivity contribution in [1.29, 1.82) is 0 Å². The van der Waals surface area contributed by atoms with Gasteiger partial charge >= 0.3 is 0 Å². The van der Waals surface area contributed by atoms with E-state index in [0.29, 0.717) is 13.2 Å². The molecule has 1 rings (SSSR count). The van der Waals surface area contributed by atoms with Gasteiger partial charge in [-0.3, -0.25) is 4.90 Å². The first-order chi connectivity index (χ1) is 7.27. The molecule has 86 valence electrons. The molecule has 0 fully saturated rings. The smallest absolute Gasteiger partial charge is 0.0589 e. The van der Waals surface area contributed by atoms with Crippen molar-refractivity contribution in [3.63, 3.8) is 0 Å². The largest absolute Gasteiger partial charge is 0.395 e. The highest BCUT2D eigenvalue weighted by Crippen LogP contribution is 2.04. The molecular formula is C11H20N2O2. The molecule has 0 saturated carbocycles. The van der Waals surface area contributed by atoms with E-state index in [4.69, 9.17) is 9.84 Å². The van der Waals surface area contributed by atoms with Crippen molar-refractivity contribution < 1.29 is 9.84 Å². The van der Waals surface area contributed by atoms with Crippen LogP contribution in [-0.4, -0.2) is 48.0 Å². The Labute approximate surface area is 91.1 Å². The fourth-order valence-corrected chi connectivity index (χ4v) is 1.52. The van der Waals surface area contributed by atoms with Crippen LogP contribution < -0.4 is 0 Å². The molecular weight excluding hydrogens is 192 g/mol. The molecule has 0 bridgehead atoms. The number of aliphatic hydroxyl groups excluding tert-OH is 1. The summed E-state index contributed by atoms with van der Waals surface area (Å²) in [6.45, 7) is 3.28. The lowest BCUT2D eigenvalue weighted by molar-refractivity contribution is 0.125. The lowest BCUT2D eigenvalue weighted by Crippen LogP contribution is -2.30. The number of hydrogen-bond acceptors (Lipinski definition) is 3. The minimum absolute atomic E-state index is 0.189. The van der Waals surface area contributed by atoms with Gasteiger partial charge in [0.25, 0.3) is 0 Å². The van der Waals surface area contributed by atoms with Crippen LogP contribution in [0.25, 0.3) is 0 Å². The lowest BCUT2D eigenvalue weighted by atomic mass is 10.3. The third-order valence-corrected chi connectivity index (χ3v) is 2.46. The van der Waals surface area contributed by atoms with E-state index in [1.807, 2.05) is 19.3 Å². The van der Waals surface area contributed by atoms with Crippen LogP contribution in [0.4, 0.5) is 0 Å². The molecule has 1 aromatic rings. The average molecular weight is 212 g/mol. The molecule has 0 atom stereocenters. The van der Waals surface area contributed by atoms with Gasteiger partial charge in [-0.1, -0.05) is 0 Å². The number of aryl methyl sites for hydroxylation is 1. The molecule has 0 amide bonds. The van der Waals surface area contributed by atoms with E-state index < -0.39 is 0 Å². The molecule has 15 heavy (non-hydrogen) atoms. The van der Waals surface area contributed by atoms with Gasteiger partial charge in [-0.2, -0.15) is 0 Å². The maximum Gasteiger partial charge on any atom is 0.0589 e. The normalized spacial score (nSPS) is 11.2. The van der Waals surface area contributed by atoms with Crippen molar-refractivity contribution >= 4 is 0 Å². The number of methoxy groups -OCH3 is 1. The summed E-state index contributed by atoms with van der Waals surface area (Å²) >= 11 is 0. The molecule has 4 heteroatoms. The molecule has 1 aromatic heterocycles. The van der Waals surface area contributed by atoms with Crippen LogP contribution in [0, 0.1) is 0 Å². The minimum Gasteiger partial charge on any atom is -0.395 e. The third-order valence-electron chi connectivity index (χ3n) is 2.46. The fourth-order valence-electron chi connectivity index (χ4n) is 1.52. The Balaban J connectivity index is 2.46. The summed E-state index contributed by atoms with van der Waals surface area (Å²) in [5.74, 6) is 0. The first kappa shape index (κ1) is 12.2. The quantitative estimate of drug-likeness (QED) is 0.714. The van der Waals surface area contributed by atoms with Gasteiger partial charge in [0.1, 0.15) is 0 Å². The van der Waals surface area contributed by atoms with Crippen LogP contribution >= 0.6 is 0 Å². The maximum absolute atomic E-state index is 8.94. The van der Waals surface area contributed by atoms with Crippen molar-refractivity contribution in [2.45, 2.75) is 6.54 Å². The van der Waals surface area contributed by atoms with Gasteiger partial charge < -0.3 is 14.4 Å². The average Bonchev–Trinajstić information content (AvgIpc) is 2.61. The molecule has 1 heterocycles. The second-order valence-electron chi connectivity index (χ2n) is 3.60. The Kier molecular flexibility index (Phi) is 5.39. The predicted octanol–water partition coefficient (Wildman–Crippen LogP) is 0.466. The number of ether oxygens (including phenoxy) is 1. The molecule has 0 aliphatic heterocycles. The molecule has 0 saturated heterocycles. The van der Waals surface area contributed by atoms with Crippen molar-refractivity contribution in [2.75, 3.05) is 33.4 Å². The second-order valence-corrected chi connectivity index (χ2v) is 3.60. The summed E-state index contributed by atoms with van der Waals surface area (Å²) in [7, 11) is 3.72. The predicted molar refractivity (Wildman–Crippen MR) is 59.7 cm³/mol. The van der Waals surface area contributed by atoms with Gasteiger partial charge in [0.2, 0.25) is 0 Å². The summed E-state index contributed by atoms with van der Waals surface area (Å²) < 4.78 is 7.13. The molecule has 0 aliphatic carbocycles. The van der Waals surface area contributed by atoms with E-state index in [-0.39, 0.29) is 6.61 Å². The zero-order valence-electron chi connectivity index (χ0n) is 9.52. The van der Waals surface area contributed by atoms with Crippen molar-refractivity contribution in [3.05, 3.63) is 24.0 Å². The van der Waals surface area contributed by atoms with E-state index in [0.717, 1.165) is 13.1 Å². The Bertz CT molecular complexity index is 273. The molecule has 0 aromatic carbocycles. The molecule has 0 unspecified atom stereocenters. The maximum atomic E-state index is 8.94. The van der Waals surface area contributed by atoms with E-state index in [2.05, 4.69) is 15.5 Å². The van der Waals surface area contributed by atoms with Crippen LogP contribution in [0.15, 0.2) is 18.3 Å². The van der Waals surface area contributed by atoms with E-state index >= 15 is 0 Å². The fraction of sp³-hybridized carbons (Fsp3) is 0.636. The van der Waals surface area contributed by atoms with Crippen molar-refractivity contribution in [3.8, 4) is 0 Å². The van der Waals surface area contributed by atoms with Gasteiger partial charge in [0.15, 0.2) is 0 Å². The van der Waals surface area contributed by atoms with Crippen molar-refractivity contribution in [1.82, 2.24) is 9.47 Å². The van der Waals surface area contributed by atoms with Gasteiger partial charge in [-0.05, 0) is 12.1 Å². The van der Waals surface area contributed by atoms with Gasteiger partial charge in [-0.15, -0.1) is 0 Å². The van der Waals surface area contributed by atoms with Crippen LogP contribution in [-0.2, 0) is 18.3 Å². The number of rotatable bonds is 7. The van der Waals surface area contributed by atoms with E-state index in [9.17, 15) is 0 Å². The standard InChI is InChI=1S/C11H20N2O2/c1-12-5-3-4-11(12)10-13(6-8-14)7-9-15-2/h3-5,14H,6-10H2,1-2H3. The summed E-state index contributed by atoms with van der Waals surface area (Å²) in [5, 5.41) is 8.94. The highest BCUT2D eigenvalue weighted by atomic mass is 16.5. The monoisotopic (exact) mass is 212 g/mol. The van der Waals surface area contributed by atoms with Crippen molar-refractivity contribution in [2.24, 2.45) is 7.05 Å². The van der Waals surface area contributed by atoms with Crippen LogP contribution in [0.3, 0.4) is 0 Å². The van der Waals surface area contributed by atoms with Gasteiger partial charge in [0.05, 0.1) is 13.2 Å². The molecule has 0 aliphatic rings. The highest BCUT2D eigenvalue weighted by molar-refractivity contribution is 5.06. The summed E-state index contributed by atoms with van der Waals surface area (Å²) in [5.41, 5.74) is 1.25. The summed E-state index contributed by atoms with van der Waals surface area (Å²) in [6, 6.07) is 4.12. The molecule has 0 radical (unpaired) electrons. The lowest BCUT2D eigenvalue weighted by Gasteiger charge is -2.21. The summed E-state index contributed by atoms with van der Waals surface area (Å²) in [6.07, 6.45) is 2.03. The SMILES string of the molecule is COCCN(CCO)Cc1cccn1C. The van der Waals surface area contributed by atoms with E-state index in [1.165, 1.54) is 5.69 Å². The molecule has 0 spiro atoms. The van der Waals surface area contributed by atoms with Crippen LogP contribution in [0.1, 0.15) is 5.69 Å². The number of nitrogens with zero attached hydrogens (tertiary/aromatic N) is 2. The molecule has 1 N–H and O–H groups in total. The van der Waals surface area contributed by atoms with Crippen LogP contribution in [0.2, 0.25) is 0 Å². The zero-order chi connectivity index (χ0) is 11.1.